The number of hydrogen-bond donors (Lipinski definition) is 1. The van der Waals surface area contributed by atoms with Crippen LogP contribution >= 0.6 is 27.7 Å². The first-order valence-corrected chi connectivity index (χ1v) is 9.93. The van der Waals surface area contributed by atoms with E-state index in [0.717, 1.165) is 16.2 Å². The fraction of sp³-hybridized carbons (Fsp3) is 0.158. The van der Waals surface area contributed by atoms with Crippen LogP contribution in [0.5, 0.6) is 0 Å². The molecule has 0 saturated carbocycles. The lowest BCUT2D eigenvalue weighted by molar-refractivity contribution is -0.112. The summed E-state index contributed by atoms with van der Waals surface area (Å²) in [5.74, 6) is 0.105. The van der Waals surface area contributed by atoms with Crippen molar-refractivity contribution < 1.29 is 9.21 Å². The van der Waals surface area contributed by atoms with Crippen molar-refractivity contribution >= 4 is 44.4 Å². The molecule has 28 heavy (non-hydrogen) atoms. The number of allylic oxidation sites excluding steroid dienone is 2. The first kappa shape index (κ1) is 19.9. The largest absolute Gasteiger partial charge is 0.467 e. The Morgan fingerprint density at radius 1 is 1.43 bits per heavy atom. The van der Waals surface area contributed by atoms with Gasteiger partial charge in [0.05, 0.1) is 29.5 Å². The fourth-order valence-corrected chi connectivity index (χ4v) is 3.79. The average molecular weight is 459 g/mol. The Morgan fingerprint density at radius 3 is 2.86 bits per heavy atom. The average Bonchev–Trinajstić information content (AvgIpc) is 3.16. The summed E-state index contributed by atoms with van der Waals surface area (Å²) in [6.07, 6.45) is 1.52. The number of Topliss-reactive ketones (excluding diaryl/α,β-unsaturated/α-hetero) is 1. The minimum absolute atomic E-state index is 0.0654. The van der Waals surface area contributed by atoms with E-state index in [1.807, 2.05) is 6.07 Å². The van der Waals surface area contributed by atoms with Crippen LogP contribution in [0.25, 0.3) is 10.9 Å². The van der Waals surface area contributed by atoms with Crippen LogP contribution in [0.2, 0.25) is 0 Å². The highest BCUT2D eigenvalue weighted by Gasteiger charge is 2.17. The second-order valence-electron chi connectivity index (χ2n) is 5.91. The molecule has 2 heterocycles. The van der Waals surface area contributed by atoms with Crippen molar-refractivity contribution in [1.29, 1.82) is 5.26 Å². The molecular weight excluding hydrogens is 444 g/mol. The first-order chi connectivity index (χ1) is 13.4. The number of ketones is 1. The van der Waals surface area contributed by atoms with Crippen molar-refractivity contribution in [3.63, 3.8) is 0 Å². The van der Waals surface area contributed by atoms with Crippen molar-refractivity contribution in [1.82, 2.24) is 9.55 Å². The second kappa shape index (κ2) is 8.46. The molecule has 0 aliphatic heterocycles. The summed E-state index contributed by atoms with van der Waals surface area (Å²) in [6, 6.07) is 10.5. The van der Waals surface area contributed by atoms with E-state index in [1.165, 1.54) is 17.8 Å². The van der Waals surface area contributed by atoms with Gasteiger partial charge < -0.3 is 10.2 Å². The van der Waals surface area contributed by atoms with Crippen LogP contribution in [0.1, 0.15) is 12.7 Å². The van der Waals surface area contributed by atoms with Crippen LogP contribution in [0.15, 0.2) is 66.7 Å². The molecule has 3 rings (SSSR count). The van der Waals surface area contributed by atoms with Crippen molar-refractivity contribution in [2.75, 3.05) is 5.75 Å². The van der Waals surface area contributed by atoms with E-state index in [0.29, 0.717) is 21.8 Å². The summed E-state index contributed by atoms with van der Waals surface area (Å²) >= 11 is 4.45. The Morgan fingerprint density at radius 2 is 2.21 bits per heavy atom. The number of benzene rings is 1. The molecule has 9 heteroatoms. The van der Waals surface area contributed by atoms with E-state index in [4.69, 9.17) is 15.4 Å². The van der Waals surface area contributed by atoms with Crippen LogP contribution in [-0.2, 0) is 11.3 Å². The first-order valence-electron chi connectivity index (χ1n) is 8.15. The number of fused-ring (bicyclic) bond motifs is 1. The number of nitriles is 1. The third-order valence-corrected chi connectivity index (χ3v) is 5.36. The monoisotopic (exact) mass is 458 g/mol. The van der Waals surface area contributed by atoms with Crippen molar-refractivity contribution in [2.45, 2.75) is 18.6 Å². The van der Waals surface area contributed by atoms with Gasteiger partial charge in [0.25, 0.3) is 5.56 Å². The summed E-state index contributed by atoms with van der Waals surface area (Å²) in [5.41, 5.74) is 5.94. The normalized spacial score (nSPS) is 11.9. The summed E-state index contributed by atoms with van der Waals surface area (Å²) < 4.78 is 7.58. The Hall–Kier alpha value is -2.83. The topological polar surface area (TPSA) is 115 Å². The van der Waals surface area contributed by atoms with Crippen molar-refractivity contribution in [3.8, 4) is 6.07 Å². The van der Waals surface area contributed by atoms with E-state index in [2.05, 4.69) is 20.9 Å². The molecule has 0 spiro atoms. The van der Waals surface area contributed by atoms with E-state index < -0.39 is 5.78 Å². The van der Waals surface area contributed by atoms with E-state index in [1.54, 1.807) is 30.3 Å². The third kappa shape index (κ3) is 4.18. The van der Waals surface area contributed by atoms with E-state index in [-0.39, 0.29) is 29.1 Å². The van der Waals surface area contributed by atoms with E-state index >= 15 is 0 Å². The zero-order chi connectivity index (χ0) is 20.3. The molecule has 2 N–H and O–H groups in total. The Bertz CT molecular complexity index is 1170. The maximum atomic E-state index is 13.1. The lowest BCUT2D eigenvalue weighted by Gasteiger charge is -2.12. The molecule has 0 aliphatic rings. The van der Waals surface area contributed by atoms with Crippen LogP contribution in [0, 0.1) is 11.3 Å². The number of nitrogens with two attached hydrogens (primary N) is 1. The molecule has 2 aromatic heterocycles. The van der Waals surface area contributed by atoms with Gasteiger partial charge in [0.1, 0.15) is 17.4 Å². The van der Waals surface area contributed by atoms with E-state index in [9.17, 15) is 9.59 Å². The van der Waals surface area contributed by atoms with Crippen molar-refractivity contribution in [3.05, 3.63) is 68.5 Å². The zero-order valence-corrected chi connectivity index (χ0v) is 17.2. The lowest BCUT2D eigenvalue weighted by Crippen LogP contribution is -2.24. The molecule has 0 fully saturated rings. The highest BCUT2D eigenvalue weighted by molar-refractivity contribution is 9.10. The van der Waals surface area contributed by atoms with Crippen LogP contribution in [0.3, 0.4) is 0 Å². The van der Waals surface area contributed by atoms with Gasteiger partial charge in [0, 0.05) is 10.2 Å². The molecule has 1 aromatic carbocycles. The predicted molar refractivity (Wildman–Crippen MR) is 110 cm³/mol. The smallest absolute Gasteiger partial charge is 0.262 e. The Balaban J connectivity index is 2.03. The number of carbonyl (C=O) groups excluding carboxylic acids is 1. The summed E-state index contributed by atoms with van der Waals surface area (Å²) in [6.45, 7) is 1.68. The van der Waals surface area contributed by atoms with Gasteiger partial charge in [0.15, 0.2) is 10.9 Å². The minimum atomic E-state index is -0.415. The SMILES string of the molecule is CC(N)=C(C#N)C(=O)CSc1nc2ccc(Br)cc2c(=O)n1Cc1ccco1. The van der Waals surface area contributed by atoms with Gasteiger partial charge in [0.2, 0.25) is 0 Å². The van der Waals surface area contributed by atoms with Crippen molar-refractivity contribution in [2.24, 2.45) is 5.73 Å². The molecular formula is C19H15BrN4O3S. The summed E-state index contributed by atoms with van der Waals surface area (Å²) in [4.78, 5) is 29.9. The number of furan rings is 1. The number of aromatic nitrogens is 2. The van der Waals surface area contributed by atoms with Gasteiger partial charge in [-0.2, -0.15) is 5.26 Å². The molecule has 0 saturated heterocycles. The zero-order valence-electron chi connectivity index (χ0n) is 14.8. The Labute approximate surface area is 173 Å². The van der Waals surface area contributed by atoms with Crippen LogP contribution < -0.4 is 11.3 Å². The number of rotatable bonds is 6. The number of thioether (sulfide) groups is 1. The summed E-state index contributed by atoms with van der Waals surface area (Å²) in [7, 11) is 0. The van der Waals surface area contributed by atoms with Gasteiger partial charge in [-0.15, -0.1) is 0 Å². The third-order valence-electron chi connectivity index (χ3n) is 3.89. The van der Waals surface area contributed by atoms with Crippen LogP contribution in [0.4, 0.5) is 0 Å². The molecule has 3 aromatic rings. The molecule has 7 nitrogen and oxygen atoms in total. The fourth-order valence-electron chi connectivity index (χ4n) is 2.55. The van der Waals surface area contributed by atoms with Gasteiger partial charge in [-0.05, 0) is 37.3 Å². The number of hydrogen-bond acceptors (Lipinski definition) is 7. The maximum absolute atomic E-state index is 13.1. The maximum Gasteiger partial charge on any atom is 0.262 e. The second-order valence-corrected chi connectivity index (χ2v) is 7.77. The van der Waals surface area contributed by atoms with Gasteiger partial charge in [-0.25, -0.2) is 4.98 Å². The minimum Gasteiger partial charge on any atom is -0.467 e. The molecule has 0 radical (unpaired) electrons. The molecule has 142 valence electrons. The van der Waals surface area contributed by atoms with Gasteiger partial charge >= 0.3 is 0 Å². The number of nitrogens with zero attached hydrogens (tertiary/aromatic N) is 3. The lowest BCUT2D eigenvalue weighted by atomic mass is 10.2. The molecule has 0 unspecified atom stereocenters. The predicted octanol–water partition coefficient (Wildman–Crippen LogP) is 3.22. The molecule has 0 amide bonds. The number of carbonyl (C=O) groups is 1. The van der Waals surface area contributed by atoms with Crippen LogP contribution in [-0.4, -0.2) is 21.1 Å². The molecule has 0 aliphatic carbocycles. The number of halogens is 1. The molecule has 0 bridgehead atoms. The highest BCUT2D eigenvalue weighted by Crippen LogP contribution is 2.22. The standard InChI is InChI=1S/C19H15BrN4O3S/c1-11(22)15(8-21)17(25)10-28-19-23-16-5-4-12(20)7-14(16)18(26)24(19)9-13-3-2-6-27-13/h2-7H,9-10,22H2,1H3. The quantitative estimate of drug-likeness (QED) is 0.261. The van der Waals surface area contributed by atoms with Gasteiger partial charge in [-0.3, -0.25) is 14.2 Å². The Kier molecular flexibility index (Phi) is 6.02. The molecule has 0 atom stereocenters. The van der Waals surface area contributed by atoms with Gasteiger partial charge in [-0.1, -0.05) is 27.7 Å². The highest BCUT2D eigenvalue weighted by atomic mass is 79.9. The summed E-state index contributed by atoms with van der Waals surface area (Å²) in [5, 5.41) is 9.90.